The van der Waals surface area contributed by atoms with Crippen molar-refractivity contribution in [3.05, 3.63) is 102 Å². The zero-order chi connectivity index (χ0) is 24.1. The number of benzene rings is 3. The summed E-state index contributed by atoms with van der Waals surface area (Å²) in [6, 6.07) is 31.1. The van der Waals surface area contributed by atoms with Gasteiger partial charge in [0.15, 0.2) is 18.3 Å². The molecule has 1 saturated carbocycles. The van der Waals surface area contributed by atoms with Crippen molar-refractivity contribution in [3.8, 4) is 45.3 Å². The lowest BCUT2D eigenvalue weighted by Crippen LogP contribution is -2.43. The molecule has 5 aromatic rings. The molecule has 0 bridgehead atoms. The van der Waals surface area contributed by atoms with Crippen molar-refractivity contribution in [3.63, 3.8) is 0 Å². The summed E-state index contributed by atoms with van der Waals surface area (Å²) in [7, 11) is 0. The Morgan fingerprint density at radius 3 is 2.14 bits per heavy atom. The maximum absolute atomic E-state index is 6.57. The topological polar surface area (TPSA) is 78.9 Å². The fourth-order valence-electron chi connectivity index (χ4n) is 5.19. The van der Waals surface area contributed by atoms with E-state index in [0.717, 1.165) is 58.1 Å². The summed E-state index contributed by atoms with van der Waals surface area (Å²) in [5, 5.41) is 8.90. The quantitative estimate of drug-likeness (QED) is 0.353. The standard InChI is InChI=1S/C30H25N5O/c31-30(16-7-17-30)23-14-12-21(13-15-23)27-24(20-8-3-1-4-9-20)18-25-29(32-27)36-19-26-33-34-28(35(25)26)22-10-5-2-6-11-22/h1-6,8-15,18H,7,16-17,19,31H2. The molecule has 3 heterocycles. The zero-order valence-electron chi connectivity index (χ0n) is 19.8. The molecular formula is C30H25N5O. The van der Waals surface area contributed by atoms with E-state index in [1.165, 1.54) is 12.0 Å². The molecule has 2 aromatic heterocycles. The summed E-state index contributed by atoms with van der Waals surface area (Å²) in [6.45, 7) is 0.318. The van der Waals surface area contributed by atoms with Crippen molar-refractivity contribution >= 4 is 0 Å². The fraction of sp³-hybridized carbons (Fsp3) is 0.167. The molecule has 6 nitrogen and oxygen atoms in total. The Bertz CT molecular complexity index is 1560. The van der Waals surface area contributed by atoms with Gasteiger partial charge in [0.1, 0.15) is 5.69 Å². The van der Waals surface area contributed by atoms with Crippen molar-refractivity contribution < 1.29 is 4.74 Å². The second-order valence-electron chi connectivity index (χ2n) is 9.59. The lowest BCUT2D eigenvalue weighted by molar-refractivity contribution is 0.253. The molecule has 1 fully saturated rings. The summed E-state index contributed by atoms with van der Waals surface area (Å²) >= 11 is 0. The lowest BCUT2D eigenvalue weighted by atomic mass is 9.72. The molecule has 2 aliphatic rings. The maximum Gasteiger partial charge on any atom is 0.239 e. The number of hydrogen-bond donors (Lipinski definition) is 1. The Kier molecular flexibility index (Phi) is 4.75. The lowest BCUT2D eigenvalue weighted by Gasteiger charge is -2.38. The SMILES string of the molecule is NC1(c2ccc(-c3nc4c(cc3-c3ccccc3)-n3c(nnc3-c3ccccc3)CO4)cc2)CCC1. The molecule has 0 spiro atoms. The van der Waals surface area contributed by atoms with Gasteiger partial charge in [-0.15, -0.1) is 10.2 Å². The highest BCUT2D eigenvalue weighted by Gasteiger charge is 2.34. The van der Waals surface area contributed by atoms with Gasteiger partial charge < -0.3 is 10.5 Å². The van der Waals surface area contributed by atoms with Crippen molar-refractivity contribution in [2.75, 3.05) is 0 Å². The summed E-state index contributed by atoms with van der Waals surface area (Å²) in [4.78, 5) is 5.07. The molecule has 176 valence electrons. The Balaban J connectivity index is 1.41. The third-order valence-electron chi connectivity index (χ3n) is 7.37. The maximum atomic E-state index is 6.57. The molecule has 0 radical (unpaired) electrons. The average molecular weight is 472 g/mol. The summed E-state index contributed by atoms with van der Waals surface area (Å²) in [6.07, 6.45) is 3.27. The van der Waals surface area contributed by atoms with Gasteiger partial charge in [-0.05, 0) is 36.5 Å². The van der Waals surface area contributed by atoms with E-state index in [9.17, 15) is 0 Å². The molecule has 36 heavy (non-hydrogen) atoms. The summed E-state index contributed by atoms with van der Waals surface area (Å²) in [5.41, 5.74) is 13.4. The monoisotopic (exact) mass is 471 g/mol. The number of hydrogen-bond acceptors (Lipinski definition) is 5. The second-order valence-corrected chi connectivity index (χ2v) is 9.59. The number of rotatable bonds is 4. The number of pyridine rings is 1. The molecule has 0 amide bonds. The number of nitrogens with two attached hydrogens (primary N) is 1. The minimum Gasteiger partial charge on any atom is -0.468 e. The van der Waals surface area contributed by atoms with E-state index in [0.29, 0.717) is 12.5 Å². The minimum absolute atomic E-state index is 0.189. The van der Waals surface area contributed by atoms with Crippen LogP contribution in [0, 0.1) is 0 Å². The molecule has 1 aliphatic carbocycles. The third-order valence-corrected chi connectivity index (χ3v) is 7.37. The van der Waals surface area contributed by atoms with Crippen LogP contribution in [0.25, 0.3) is 39.5 Å². The first kappa shape index (κ1) is 21.0. The summed E-state index contributed by atoms with van der Waals surface area (Å²) in [5.74, 6) is 2.11. The van der Waals surface area contributed by atoms with Gasteiger partial charge >= 0.3 is 0 Å². The smallest absolute Gasteiger partial charge is 0.239 e. The van der Waals surface area contributed by atoms with Crippen LogP contribution in [0.3, 0.4) is 0 Å². The van der Waals surface area contributed by atoms with Gasteiger partial charge in [-0.1, -0.05) is 84.9 Å². The molecule has 2 N–H and O–H groups in total. The molecule has 0 atom stereocenters. The van der Waals surface area contributed by atoms with E-state index in [4.69, 9.17) is 15.5 Å². The van der Waals surface area contributed by atoms with Crippen LogP contribution in [0.4, 0.5) is 0 Å². The van der Waals surface area contributed by atoms with Crippen molar-refractivity contribution in [1.29, 1.82) is 0 Å². The molecule has 3 aromatic carbocycles. The number of ether oxygens (including phenoxy) is 1. The van der Waals surface area contributed by atoms with Crippen LogP contribution >= 0.6 is 0 Å². The minimum atomic E-state index is -0.189. The number of nitrogens with zero attached hydrogens (tertiary/aromatic N) is 4. The molecule has 0 unspecified atom stereocenters. The highest BCUT2D eigenvalue weighted by molar-refractivity contribution is 5.83. The van der Waals surface area contributed by atoms with E-state index in [1.807, 2.05) is 48.5 Å². The van der Waals surface area contributed by atoms with Gasteiger partial charge in [0.25, 0.3) is 0 Å². The predicted octanol–water partition coefficient (Wildman–Crippen LogP) is 5.89. The summed E-state index contributed by atoms with van der Waals surface area (Å²) < 4.78 is 8.17. The first-order valence-electron chi connectivity index (χ1n) is 12.3. The Morgan fingerprint density at radius 1 is 0.778 bits per heavy atom. The number of fused-ring (bicyclic) bond motifs is 3. The van der Waals surface area contributed by atoms with Gasteiger partial charge in [-0.2, -0.15) is 0 Å². The van der Waals surface area contributed by atoms with Gasteiger partial charge in [-0.25, -0.2) is 4.98 Å². The fourth-order valence-corrected chi connectivity index (χ4v) is 5.19. The van der Waals surface area contributed by atoms with Crippen molar-refractivity contribution in [1.82, 2.24) is 19.7 Å². The number of aromatic nitrogens is 4. The first-order chi connectivity index (χ1) is 17.7. The van der Waals surface area contributed by atoms with E-state index >= 15 is 0 Å². The van der Waals surface area contributed by atoms with Gasteiger partial charge in [0, 0.05) is 22.2 Å². The van der Waals surface area contributed by atoms with Crippen LogP contribution < -0.4 is 10.5 Å². The van der Waals surface area contributed by atoms with Crippen LogP contribution in [-0.4, -0.2) is 19.7 Å². The Hall–Kier alpha value is -4.29. The van der Waals surface area contributed by atoms with Gasteiger partial charge in [0.05, 0.1) is 5.69 Å². The molecule has 1 aliphatic heterocycles. The average Bonchev–Trinajstić information content (AvgIpc) is 3.37. The third kappa shape index (κ3) is 3.33. The van der Waals surface area contributed by atoms with E-state index in [1.54, 1.807) is 0 Å². The van der Waals surface area contributed by atoms with Crippen LogP contribution in [0.1, 0.15) is 30.7 Å². The van der Waals surface area contributed by atoms with Crippen LogP contribution in [0.2, 0.25) is 0 Å². The Morgan fingerprint density at radius 2 is 1.47 bits per heavy atom. The Labute approximate surface area is 209 Å². The molecule has 7 rings (SSSR count). The largest absolute Gasteiger partial charge is 0.468 e. The van der Waals surface area contributed by atoms with Crippen molar-refractivity contribution in [2.45, 2.75) is 31.4 Å². The predicted molar refractivity (Wildman–Crippen MR) is 140 cm³/mol. The van der Waals surface area contributed by atoms with Crippen molar-refractivity contribution in [2.24, 2.45) is 5.73 Å². The molecule has 6 heteroatoms. The second kappa shape index (κ2) is 8.14. The van der Waals surface area contributed by atoms with E-state index < -0.39 is 0 Å². The molecular weight excluding hydrogens is 446 g/mol. The first-order valence-corrected chi connectivity index (χ1v) is 12.3. The zero-order valence-corrected chi connectivity index (χ0v) is 19.8. The van der Waals surface area contributed by atoms with Crippen LogP contribution in [-0.2, 0) is 12.1 Å². The highest BCUT2D eigenvalue weighted by atomic mass is 16.5. The molecule has 0 saturated heterocycles. The normalized spacial score (nSPS) is 15.4. The van der Waals surface area contributed by atoms with Gasteiger partial charge in [0.2, 0.25) is 5.88 Å². The highest BCUT2D eigenvalue weighted by Crippen LogP contribution is 2.42. The van der Waals surface area contributed by atoms with Crippen LogP contribution in [0.5, 0.6) is 5.88 Å². The van der Waals surface area contributed by atoms with Crippen LogP contribution in [0.15, 0.2) is 91.0 Å². The van der Waals surface area contributed by atoms with E-state index in [-0.39, 0.29) is 5.54 Å². The van der Waals surface area contributed by atoms with E-state index in [2.05, 4.69) is 57.2 Å². The van der Waals surface area contributed by atoms with Gasteiger partial charge in [-0.3, -0.25) is 4.57 Å².